The third-order valence-electron chi connectivity index (χ3n) is 6.41. The minimum absolute atomic E-state index is 0.0117. The molecule has 36 heavy (non-hydrogen) atoms. The quantitative estimate of drug-likeness (QED) is 0.545. The van der Waals surface area contributed by atoms with Crippen molar-refractivity contribution in [2.75, 3.05) is 12.3 Å². The van der Waals surface area contributed by atoms with Crippen LogP contribution in [0.1, 0.15) is 56.2 Å². The summed E-state index contributed by atoms with van der Waals surface area (Å²) >= 11 is 1.47. The highest BCUT2D eigenvalue weighted by atomic mass is 32.1. The van der Waals surface area contributed by atoms with E-state index in [0.29, 0.717) is 30.9 Å². The predicted octanol–water partition coefficient (Wildman–Crippen LogP) is 2.83. The van der Waals surface area contributed by atoms with E-state index in [4.69, 9.17) is 10.5 Å². The number of aryl methyl sites for hydroxylation is 1. The van der Waals surface area contributed by atoms with Crippen LogP contribution in [0.4, 0.5) is 9.93 Å². The second-order valence-corrected chi connectivity index (χ2v) is 11.6. The number of thiazole rings is 1. The van der Waals surface area contributed by atoms with Crippen LogP contribution < -0.4 is 16.4 Å². The van der Waals surface area contributed by atoms with E-state index in [1.165, 1.54) is 11.3 Å². The van der Waals surface area contributed by atoms with Gasteiger partial charge >= 0.3 is 6.09 Å². The molecular weight excluding hydrogens is 478 g/mol. The fraction of sp³-hybridized carbons (Fsp3) is 0.538. The minimum Gasteiger partial charge on any atom is -0.444 e. The van der Waals surface area contributed by atoms with E-state index in [2.05, 4.69) is 15.6 Å². The molecule has 0 saturated carbocycles. The van der Waals surface area contributed by atoms with Gasteiger partial charge in [0.25, 0.3) is 0 Å². The molecule has 1 aromatic carbocycles. The van der Waals surface area contributed by atoms with Crippen LogP contribution >= 0.6 is 11.3 Å². The zero-order chi connectivity index (χ0) is 25.9. The minimum atomic E-state index is -0.840. The molecule has 2 heterocycles. The van der Waals surface area contributed by atoms with Crippen molar-refractivity contribution in [2.24, 2.45) is 0 Å². The summed E-state index contributed by atoms with van der Waals surface area (Å²) in [5, 5.41) is 6.46. The first-order valence-electron chi connectivity index (χ1n) is 12.5. The summed E-state index contributed by atoms with van der Waals surface area (Å²) in [5.74, 6) is -0.425. The first-order chi connectivity index (χ1) is 17.1. The molecule has 3 amide bonds. The third-order valence-corrected chi connectivity index (χ3v) is 7.36. The van der Waals surface area contributed by atoms with Crippen LogP contribution in [0.25, 0.3) is 0 Å². The van der Waals surface area contributed by atoms with Gasteiger partial charge < -0.3 is 26.0 Å². The lowest BCUT2D eigenvalue weighted by Gasteiger charge is -2.31. The van der Waals surface area contributed by atoms with Gasteiger partial charge in [0.05, 0.1) is 5.69 Å². The fourth-order valence-corrected chi connectivity index (χ4v) is 5.78. The number of aromatic nitrogens is 1. The Kier molecular flexibility index (Phi) is 7.82. The summed E-state index contributed by atoms with van der Waals surface area (Å²) in [6.07, 6.45) is 3.25. The number of hydrogen-bond donors (Lipinski definition) is 3. The normalized spacial score (nSPS) is 20.4. The van der Waals surface area contributed by atoms with Crippen molar-refractivity contribution >= 4 is 34.4 Å². The molecular formula is C26H35N5O4S. The van der Waals surface area contributed by atoms with Crippen LogP contribution in [0.5, 0.6) is 0 Å². The number of carbonyl (C=O) groups is 3. The Balaban J connectivity index is 1.44. The van der Waals surface area contributed by atoms with Crippen LogP contribution in [0.15, 0.2) is 30.3 Å². The average molecular weight is 514 g/mol. The van der Waals surface area contributed by atoms with Gasteiger partial charge in [-0.1, -0.05) is 30.3 Å². The van der Waals surface area contributed by atoms with E-state index in [1.807, 2.05) is 30.3 Å². The van der Waals surface area contributed by atoms with E-state index in [9.17, 15) is 14.4 Å². The Bertz CT molecular complexity index is 1100. The molecule has 3 atom stereocenters. The second kappa shape index (κ2) is 10.9. The molecule has 2 aromatic rings. The van der Waals surface area contributed by atoms with Crippen molar-refractivity contribution in [3.05, 3.63) is 46.5 Å². The summed E-state index contributed by atoms with van der Waals surface area (Å²) in [6, 6.07) is 8.09. The highest BCUT2D eigenvalue weighted by molar-refractivity contribution is 7.15. The molecule has 1 fully saturated rings. The number of benzene rings is 1. The van der Waals surface area contributed by atoms with Crippen LogP contribution in [-0.2, 0) is 33.6 Å². The topological polar surface area (TPSA) is 127 Å². The molecule has 3 unspecified atom stereocenters. The van der Waals surface area contributed by atoms with Gasteiger partial charge in [-0.05, 0) is 52.0 Å². The maximum absolute atomic E-state index is 13.7. The molecule has 194 valence electrons. The molecule has 1 saturated heterocycles. The van der Waals surface area contributed by atoms with Gasteiger partial charge in [-0.25, -0.2) is 9.78 Å². The number of nitrogen functional groups attached to an aromatic ring is 1. The molecule has 2 aliphatic rings. The van der Waals surface area contributed by atoms with Gasteiger partial charge in [-0.2, -0.15) is 0 Å². The molecule has 1 aliphatic heterocycles. The van der Waals surface area contributed by atoms with Crippen molar-refractivity contribution in [2.45, 2.75) is 83.0 Å². The van der Waals surface area contributed by atoms with Crippen LogP contribution in [0.3, 0.4) is 0 Å². The summed E-state index contributed by atoms with van der Waals surface area (Å²) in [5.41, 5.74) is 7.09. The van der Waals surface area contributed by atoms with Gasteiger partial charge in [0.2, 0.25) is 11.8 Å². The first-order valence-corrected chi connectivity index (χ1v) is 13.3. The molecule has 4 N–H and O–H groups in total. The number of rotatable bonds is 6. The van der Waals surface area contributed by atoms with Crippen molar-refractivity contribution < 1.29 is 19.1 Å². The molecule has 1 aromatic heterocycles. The largest absolute Gasteiger partial charge is 0.444 e. The number of ether oxygens (including phenoxy) is 1. The van der Waals surface area contributed by atoms with E-state index >= 15 is 0 Å². The second-order valence-electron chi connectivity index (χ2n) is 10.4. The number of alkyl carbamates (subject to hydrolysis) is 1. The maximum Gasteiger partial charge on any atom is 0.408 e. The lowest BCUT2D eigenvalue weighted by atomic mass is 9.97. The zero-order valence-electron chi connectivity index (χ0n) is 21.1. The molecule has 0 spiro atoms. The number of nitrogens with one attached hydrogen (secondary N) is 2. The Hall–Kier alpha value is -3.14. The number of fused-ring (bicyclic) bond motifs is 1. The van der Waals surface area contributed by atoms with Gasteiger partial charge in [0.1, 0.15) is 17.7 Å². The van der Waals surface area contributed by atoms with E-state index in [1.54, 1.807) is 25.7 Å². The molecule has 0 bridgehead atoms. The van der Waals surface area contributed by atoms with Crippen LogP contribution in [0.2, 0.25) is 0 Å². The van der Waals surface area contributed by atoms with Crippen LogP contribution in [0, 0.1) is 0 Å². The lowest BCUT2D eigenvalue weighted by Crippen LogP contribution is -2.55. The Morgan fingerprint density at radius 1 is 1.22 bits per heavy atom. The third kappa shape index (κ3) is 6.54. The first kappa shape index (κ1) is 25.9. The number of likely N-dealkylation sites (tertiary alicyclic amines) is 1. The number of amides is 3. The van der Waals surface area contributed by atoms with Crippen LogP contribution in [-0.4, -0.2) is 58.1 Å². The fourth-order valence-electron chi connectivity index (χ4n) is 4.82. The average Bonchev–Trinajstić information content (AvgIpc) is 3.43. The van der Waals surface area contributed by atoms with Crippen molar-refractivity contribution in [3.8, 4) is 0 Å². The van der Waals surface area contributed by atoms with E-state index in [0.717, 1.165) is 35.4 Å². The molecule has 1 aliphatic carbocycles. The number of carbonyl (C=O) groups excluding carboxylic acids is 3. The summed E-state index contributed by atoms with van der Waals surface area (Å²) in [7, 11) is 0. The Morgan fingerprint density at radius 3 is 2.69 bits per heavy atom. The molecule has 4 rings (SSSR count). The van der Waals surface area contributed by atoms with Gasteiger partial charge in [0.15, 0.2) is 5.13 Å². The molecule has 0 radical (unpaired) electrons. The number of anilines is 1. The summed E-state index contributed by atoms with van der Waals surface area (Å²) < 4.78 is 5.41. The SMILES string of the molecule is CC(C)(C)OC(=O)NC(Cc1ccccc1)C(=O)N1CCCC1C(=O)NC1CCc2nc(N)sc2C1. The van der Waals surface area contributed by atoms with Crippen molar-refractivity contribution in [3.63, 3.8) is 0 Å². The smallest absolute Gasteiger partial charge is 0.408 e. The number of hydrogen-bond acceptors (Lipinski definition) is 7. The highest BCUT2D eigenvalue weighted by Crippen LogP contribution is 2.28. The monoisotopic (exact) mass is 513 g/mol. The Labute approximate surface area is 215 Å². The lowest BCUT2D eigenvalue weighted by molar-refractivity contribution is -0.140. The summed E-state index contributed by atoms with van der Waals surface area (Å²) in [6.45, 7) is 5.79. The van der Waals surface area contributed by atoms with Gasteiger partial charge in [-0.15, -0.1) is 11.3 Å². The van der Waals surface area contributed by atoms with Crippen molar-refractivity contribution in [1.29, 1.82) is 0 Å². The Morgan fingerprint density at radius 2 is 1.97 bits per heavy atom. The summed E-state index contributed by atoms with van der Waals surface area (Å²) in [4.78, 5) is 46.6. The van der Waals surface area contributed by atoms with Gasteiger partial charge in [0, 0.05) is 30.3 Å². The number of nitrogens with two attached hydrogens (primary N) is 1. The predicted molar refractivity (Wildman–Crippen MR) is 139 cm³/mol. The molecule has 9 nitrogen and oxygen atoms in total. The van der Waals surface area contributed by atoms with E-state index < -0.39 is 23.8 Å². The standard InChI is InChI=1S/C26H35N5O4S/c1-26(2,3)35-25(34)30-19(14-16-8-5-4-6-9-16)23(33)31-13-7-10-20(31)22(32)28-17-11-12-18-21(15-17)36-24(27)29-18/h4-6,8-9,17,19-20H,7,10-15H2,1-3H3,(H2,27,29)(H,28,32)(H,30,34). The highest BCUT2D eigenvalue weighted by Gasteiger charge is 2.39. The molecule has 10 heteroatoms. The van der Waals surface area contributed by atoms with Gasteiger partial charge in [-0.3, -0.25) is 9.59 Å². The number of nitrogens with zero attached hydrogens (tertiary/aromatic N) is 2. The van der Waals surface area contributed by atoms with Crippen molar-refractivity contribution in [1.82, 2.24) is 20.5 Å². The maximum atomic E-state index is 13.7. The zero-order valence-corrected chi connectivity index (χ0v) is 21.9. The van der Waals surface area contributed by atoms with E-state index in [-0.39, 0.29) is 17.9 Å².